The van der Waals surface area contributed by atoms with E-state index < -0.39 is 10.0 Å². The third-order valence-electron chi connectivity index (χ3n) is 3.63. The van der Waals surface area contributed by atoms with Gasteiger partial charge in [0, 0.05) is 17.8 Å². The number of sulfonamides is 1. The van der Waals surface area contributed by atoms with Crippen molar-refractivity contribution in [1.82, 2.24) is 5.32 Å². The summed E-state index contributed by atoms with van der Waals surface area (Å²) in [6.07, 6.45) is 1.94. The summed E-state index contributed by atoms with van der Waals surface area (Å²) in [6, 6.07) is 10.1. The van der Waals surface area contributed by atoms with Crippen LogP contribution in [0.5, 0.6) is 11.5 Å². The molecule has 0 aromatic heterocycles. The van der Waals surface area contributed by atoms with Crippen LogP contribution in [0.15, 0.2) is 40.9 Å². The Labute approximate surface area is 173 Å². The van der Waals surface area contributed by atoms with Crippen molar-refractivity contribution in [3.8, 4) is 11.5 Å². The molecule has 28 heavy (non-hydrogen) atoms. The summed E-state index contributed by atoms with van der Waals surface area (Å²) in [4.78, 5) is 12.5. The minimum atomic E-state index is -3.36. The molecule has 0 bridgehead atoms. The number of ether oxygens (including phenoxy) is 2. The summed E-state index contributed by atoms with van der Waals surface area (Å²) in [5.74, 6) is 0.732. The molecular weight excluding hydrogens is 448 g/mol. The van der Waals surface area contributed by atoms with Gasteiger partial charge in [-0.05, 0) is 52.2 Å². The summed E-state index contributed by atoms with van der Waals surface area (Å²) in [6.45, 7) is 2.78. The first-order valence-corrected chi connectivity index (χ1v) is 11.3. The van der Waals surface area contributed by atoms with E-state index >= 15 is 0 Å². The Bertz CT molecular complexity index is 947. The van der Waals surface area contributed by atoms with Crippen molar-refractivity contribution in [2.75, 3.05) is 24.7 Å². The third-order valence-corrected chi connectivity index (χ3v) is 4.82. The highest BCUT2D eigenvalue weighted by Gasteiger charge is 2.15. The van der Waals surface area contributed by atoms with E-state index in [0.717, 1.165) is 18.2 Å². The number of hydrogen-bond donors (Lipinski definition) is 2. The second-order valence-corrected chi connectivity index (χ2v) is 8.70. The number of methoxy groups -OCH3 is 1. The van der Waals surface area contributed by atoms with E-state index in [0.29, 0.717) is 33.8 Å². The van der Waals surface area contributed by atoms with Gasteiger partial charge in [-0.3, -0.25) is 9.52 Å². The molecule has 0 unspecified atom stereocenters. The highest BCUT2D eigenvalue weighted by atomic mass is 79.9. The highest BCUT2D eigenvalue weighted by molar-refractivity contribution is 9.10. The van der Waals surface area contributed by atoms with Gasteiger partial charge in [0.1, 0.15) is 0 Å². The molecule has 0 atom stereocenters. The molecule has 0 aliphatic carbocycles. The second-order valence-electron chi connectivity index (χ2n) is 6.10. The molecule has 7 nitrogen and oxygen atoms in total. The van der Waals surface area contributed by atoms with Crippen LogP contribution < -0.4 is 19.5 Å². The zero-order chi connectivity index (χ0) is 20.7. The lowest BCUT2D eigenvalue weighted by Gasteiger charge is -2.14. The maximum absolute atomic E-state index is 12.5. The van der Waals surface area contributed by atoms with Gasteiger partial charge in [-0.15, -0.1) is 0 Å². The van der Waals surface area contributed by atoms with Crippen LogP contribution >= 0.6 is 15.9 Å². The van der Waals surface area contributed by atoms with Crippen LogP contribution in [-0.4, -0.2) is 34.3 Å². The second kappa shape index (κ2) is 9.79. The van der Waals surface area contributed by atoms with E-state index in [1.165, 1.54) is 7.11 Å². The highest BCUT2D eigenvalue weighted by Crippen LogP contribution is 2.36. The van der Waals surface area contributed by atoms with E-state index in [1.807, 2.05) is 6.92 Å². The van der Waals surface area contributed by atoms with Crippen LogP contribution in [0.4, 0.5) is 5.69 Å². The van der Waals surface area contributed by atoms with Crippen molar-refractivity contribution in [2.45, 2.75) is 19.9 Å². The van der Waals surface area contributed by atoms with Crippen LogP contribution in [0.1, 0.15) is 29.3 Å². The van der Waals surface area contributed by atoms with Gasteiger partial charge in [-0.1, -0.05) is 19.1 Å². The lowest BCUT2D eigenvalue weighted by atomic mass is 10.1. The van der Waals surface area contributed by atoms with Crippen LogP contribution in [0.2, 0.25) is 0 Å². The number of carbonyl (C=O) groups is 1. The fourth-order valence-corrected chi connectivity index (χ4v) is 3.55. The first kappa shape index (κ1) is 22.0. The summed E-state index contributed by atoms with van der Waals surface area (Å²) >= 11 is 3.42. The Morgan fingerprint density at radius 1 is 1.21 bits per heavy atom. The lowest BCUT2D eigenvalue weighted by molar-refractivity contribution is 0.0950. The van der Waals surface area contributed by atoms with Crippen molar-refractivity contribution >= 4 is 37.5 Å². The van der Waals surface area contributed by atoms with Gasteiger partial charge in [0.2, 0.25) is 10.0 Å². The Hall–Kier alpha value is -2.26. The normalized spacial score (nSPS) is 11.0. The molecule has 152 valence electrons. The maximum Gasteiger partial charge on any atom is 0.251 e. The summed E-state index contributed by atoms with van der Waals surface area (Å²) < 4.78 is 36.7. The summed E-state index contributed by atoms with van der Waals surface area (Å²) in [5, 5.41) is 2.81. The first-order chi connectivity index (χ1) is 13.2. The molecule has 0 saturated carbocycles. The van der Waals surface area contributed by atoms with E-state index in [2.05, 4.69) is 26.0 Å². The van der Waals surface area contributed by atoms with E-state index in [-0.39, 0.29) is 12.5 Å². The lowest BCUT2D eigenvalue weighted by Crippen LogP contribution is -2.23. The molecular formula is C19H23BrN2O5S. The Morgan fingerprint density at radius 2 is 1.96 bits per heavy atom. The van der Waals surface area contributed by atoms with Gasteiger partial charge in [0.25, 0.3) is 5.91 Å². The molecule has 0 aliphatic rings. The van der Waals surface area contributed by atoms with Crippen molar-refractivity contribution < 1.29 is 22.7 Å². The fourth-order valence-electron chi connectivity index (χ4n) is 2.44. The number of nitrogens with one attached hydrogen (secondary N) is 2. The number of benzene rings is 2. The third kappa shape index (κ3) is 6.42. The summed E-state index contributed by atoms with van der Waals surface area (Å²) in [7, 11) is -1.84. The smallest absolute Gasteiger partial charge is 0.251 e. The zero-order valence-electron chi connectivity index (χ0n) is 15.9. The van der Waals surface area contributed by atoms with Crippen LogP contribution in [0.25, 0.3) is 0 Å². The molecule has 0 heterocycles. The van der Waals surface area contributed by atoms with Crippen molar-refractivity contribution in [1.29, 1.82) is 0 Å². The predicted octanol–water partition coefficient (Wildman–Crippen LogP) is 3.55. The van der Waals surface area contributed by atoms with Crippen molar-refractivity contribution in [3.63, 3.8) is 0 Å². The SMILES string of the molecule is CCCOc1c(Br)cc(C(=O)NCc2cccc(NS(C)(=O)=O)c2)cc1OC. The van der Waals surface area contributed by atoms with E-state index in [1.54, 1.807) is 36.4 Å². The Kier molecular flexibility index (Phi) is 7.70. The molecule has 9 heteroatoms. The van der Waals surface area contributed by atoms with Crippen molar-refractivity contribution in [3.05, 3.63) is 52.0 Å². The molecule has 0 radical (unpaired) electrons. The maximum atomic E-state index is 12.5. The fraction of sp³-hybridized carbons (Fsp3) is 0.316. The Balaban J connectivity index is 2.11. The van der Waals surface area contributed by atoms with Crippen molar-refractivity contribution in [2.24, 2.45) is 0 Å². The summed E-state index contributed by atoms with van der Waals surface area (Å²) in [5.41, 5.74) is 1.62. The zero-order valence-corrected chi connectivity index (χ0v) is 18.3. The molecule has 2 aromatic carbocycles. The van der Waals surface area contributed by atoms with Crippen LogP contribution in [0.3, 0.4) is 0 Å². The molecule has 0 aliphatic heterocycles. The number of amides is 1. The minimum absolute atomic E-state index is 0.242. The number of carbonyl (C=O) groups excluding carboxylic acids is 1. The van der Waals surface area contributed by atoms with Crippen LogP contribution in [0, 0.1) is 0 Å². The van der Waals surface area contributed by atoms with Gasteiger partial charge < -0.3 is 14.8 Å². The van der Waals surface area contributed by atoms with E-state index in [9.17, 15) is 13.2 Å². The molecule has 0 saturated heterocycles. The number of rotatable bonds is 9. The largest absolute Gasteiger partial charge is 0.493 e. The van der Waals surface area contributed by atoms with Gasteiger partial charge in [-0.2, -0.15) is 0 Å². The number of hydrogen-bond acceptors (Lipinski definition) is 5. The number of halogens is 1. The molecule has 2 N–H and O–H groups in total. The average molecular weight is 471 g/mol. The minimum Gasteiger partial charge on any atom is -0.493 e. The monoisotopic (exact) mass is 470 g/mol. The van der Waals surface area contributed by atoms with Gasteiger partial charge in [-0.25, -0.2) is 8.42 Å². The Morgan fingerprint density at radius 3 is 2.61 bits per heavy atom. The molecule has 1 amide bonds. The first-order valence-electron chi connectivity index (χ1n) is 8.58. The van der Waals surface area contributed by atoms with Crippen LogP contribution in [-0.2, 0) is 16.6 Å². The van der Waals surface area contributed by atoms with Gasteiger partial charge in [0.15, 0.2) is 11.5 Å². The molecule has 0 spiro atoms. The van der Waals surface area contributed by atoms with Gasteiger partial charge >= 0.3 is 0 Å². The van der Waals surface area contributed by atoms with Gasteiger partial charge in [0.05, 0.1) is 24.4 Å². The average Bonchev–Trinajstić information content (AvgIpc) is 2.63. The topological polar surface area (TPSA) is 93.7 Å². The predicted molar refractivity (Wildman–Crippen MR) is 113 cm³/mol. The molecule has 0 fully saturated rings. The standard InChI is InChI=1S/C19H23BrN2O5S/c1-4-8-27-18-16(20)10-14(11-17(18)26-2)19(23)21-12-13-6-5-7-15(9-13)22-28(3,24)25/h5-7,9-11,22H,4,8,12H2,1-3H3,(H,21,23). The van der Waals surface area contributed by atoms with E-state index in [4.69, 9.17) is 9.47 Å². The number of anilines is 1. The molecule has 2 rings (SSSR count). The quantitative estimate of drug-likeness (QED) is 0.584. The molecule has 2 aromatic rings.